The van der Waals surface area contributed by atoms with Gasteiger partial charge in [0, 0.05) is 39.3 Å². The summed E-state index contributed by atoms with van der Waals surface area (Å²) in [5, 5.41) is 6.18. The molecule has 1 aliphatic rings. The summed E-state index contributed by atoms with van der Waals surface area (Å²) in [5.74, 6) is 2.13. The van der Waals surface area contributed by atoms with Gasteiger partial charge in [-0.1, -0.05) is 6.58 Å². The number of rotatable bonds is 11. The van der Waals surface area contributed by atoms with Crippen LogP contribution in [0.1, 0.15) is 19.3 Å². The number of piperidine rings is 1. The maximum atomic E-state index is 12.2. The molecule has 1 aromatic carbocycles. The minimum Gasteiger partial charge on any atom is -0.494 e. The Balaban J connectivity index is 1.96. The molecule has 1 fully saturated rings. The minimum atomic E-state index is -0.295. The van der Waals surface area contributed by atoms with Crippen LogP contribution in [0.15, 0.2) is 31.0 Å². The van der Waals surface area contributed by atoms with Gasteiger partial charge in [0.25, 0.3) is 0 Å². The highest BCUT2D eigenvalue weighted by Gasteiger charge is 2.20. The van der Waals surface area contributed by atoms with E-state index in [1.807, 2.05) is 33.3 Å². The molecule has 0 unspecified atom stereocenters. The van der Waals surface area contributed by atoms with E-state index in [-0.39, 0.29) is 5.91 Å². The first-order valence-corrected chi connectivity index (χ1v) is 11.8. The number of benzene rings is 1. The van der Waals surface area contributed by atoms with Crippen LogP contribution in [0.25, 0.3) is 0 Å². The zero-order valence-electron chi connectivity index (χ0n) is 21.4. The fourth-order valence-corrected chi connectivity index (χ4v) is 3.92. The molecule has 2 aromatic rings. The average molecular weight is 484 g/mol. The third-order valence-corrected chi connectivity index (χ3v) is 5.91. The van der Waals surface area contributed by atoms with Crippen molar-refractivity contribution in [2.24, 2.45) is 0 Å². The molecule has 0 aliphatic carbocycles. The average Bonchev–Trinajstić information content (AvgIpc) is 2.87. The standard InChI is InChI=1S/C25H37N7O3/c1-7-23(33)27-18-15-19(21(34-5)16-20(18)31(4)14-13-30(2)3)28-25-26-17-22(35-6)24(29-25)32-11-9-8-10-12-32/h7,15-17H,1,8-14H2,2-6H3,(H,27,33)(H,26,28,29). The first-order chi connectivity index (χ1) is 16.9. The van der Waals surface area contributed by atoms with Gasteiger partial charge in [0.2, 0.25) is 11.9 Å². The van der Waals surface area contributed by atoms with Crippen molar-refractivity contribution >= 4 is 34.7 Å². The van der Waals surface area contributed by atoms with Crippen molar-refractivity contribution in [1.82, 2.24) is 14.9 Å². The van der Waals surface area contributed by atoms with Crippen molar-refractivity contribution in [2.45, 2.75) is 19.3 Å². The van der Waals surface area contributed by atoms with Gasteiger partial charge in [0.15, 0.2) is 11.6 Å². The molecule has 0 radical (unpaired) electrons. The topological polar surface area (TPSA) is 95.1 Å². The van der Waals surface area contributed by atoms with Crippen LogP contribution in [0.3, 0.4) is 0 Å². The molecule has 10 nitrogen and oxygen atoms in total. The Labute approximate surface area is 207 Å². The molecule has 0 bridgehead atoms. The summed E-state index contributed by atoms with van der Waals surface area (Å²) in [5.41, 5.74) is 2.09. The smallest absolute Gasteiger partial charge is 0.247 e. The van der Waals surface area contributed by atoms with Crippen LogP contribution in [-0.4, -0.2) is 82.3 Å². The Hall–Kier alpha value is -3.53. The van der Waals surface area contributed by atoms with Gasteiger partial charge in [-0.25, -0.2) is 4.98 Å². The second kappa shape index (κ2) is 12.3. The molecule has 1 aromatic heterocycles. The molecule has 3 rings (SSSR count). The monoisotopic (exact) mass is 483 g/mol. The third kappa shape index (κ3) is 6.75. The largest absolute Gasteiger partial charge is 0.494 e. The molecule has 1 saturated heterocycles. The van der Waals surface area contributed by atoms with E-state index < -0.39 is 0 Å². The predicted octanol–water partition coefficient (Wildman–Crippen LogP) is 3.35. The fourth-order valence-electron chi connectivity index (χ4n) is 3.92. The van der Waals surface area contributed by atoms with Crippen molar-refractivity contribution in [2.75, 3.05) is 82.0 Å². The maximum absolute atomic E-state index is 12.2. The number of nitrogens with one attached hydrogen (secondary N) is 2. The number of carbonyl (C=O) groups is 1. The zero-order valence-corrected chi connectivity index (χ0v) is 21.4. The normalized spacial score (nSPS) is 13.4. The summed E-state index contributed by atoms with van der Waals surface area (Å²) < 4.78 is 11.2. The van der Waals surface area contributed by atoms with E-state index in [0.717, 1.165) is 50.5 Å². The number of amides is 1. The Kier molecular flexibility index (Phi) is 9.13. The number of anilines is 5. The number of nitrogens with zero attached hydrogens (tertiary/aromatic N) is 5. The molecule has 2 N–H and O–H groups in total. The molecular weight excluding hydrogens is 446 g/mol. The molecule has 0 saturated carbocycles. The van der Waals surface area contributed by atoms with Gasteiger partial charge < -0.3 is 34.8 Å². The van der Waals surface area contributed by atoms with Crippen molar-refractivity contribution in [3.63, 3.8) is 0 Å². The summed E-state index contributed by atoms with van der Waals surface area (Å²) in [4.78, 5) is 27.8. The number of methoxy groups -OCH3 is 2. The first kappa shape index (κ1) is 26.1. The molecule has 190 valence electrons. The first-order valence-electron chi connectivity index (χ1n) is 11.8. The van der Waals surface area contributed by atoms with Crippen molar-refractivity contribution < 1.29 is 14.3 Å². The fraction of sp³-hybridized carbons (Fsp3) is 0.480. The second-order valence-electron chi connectivity index (χ2n) is 8.75. The maximum Gasteiger partial charge on any atom is 0.247 e. The summed E-state index contributed by atoms with van der Waals surface area (Å²) in [7, 11) is 9.26. The van der Waals surface area contributed by atoms with E-state index >= 15 is 0 Å². The van der Waals surface area contributed by atoms with Crippen molar-refractivity contribution in [3.8, 4) is 11.5 Å². The molecule has 0 spiro atoms. The Morgan fingerprint density at radius 1 is 1.09 bits per heavy atom. The SMILES string of the molecule is C=CC(=O)Nc1cc(Nc2ncc(OC)c(N3CCCCC3)n2)c(OC)cc1N(C)CCN(C)C. The molecule has 0 atom stereocenters. The Bertz CT molecular complexity index is 1020. The van der Waals surface area contributed by atoms with Crippen molar-refractivity contribution in [3.05, 3.63) is 31.0 Å². The zero-order chi connectivity index (χ0) is 25.4. The van der Waals surface area contributed by atoms with E-state index in [9.17, 15) is 4.79 Å². The van der Waals surface area contributed by atoms with Crippen LogP contribution in [0.2, 0.25) is 0 Å². The summed E-state index contributed by atoms with van der Waals surface area (Å²) in [6.45, 7) is 7.06. The van der Waals surface area contributed by atoms with Gasteiger partial charge in [-0.3, -0.25) is 4.79 Å². The minimum absolute atomic E-state index is 0.295. The molecule has 35 heavy (non-hydrogen) atoms. The van der Waals surface area contributed by atoms with E-state index in [1.54, 1.807) is 20.4 Å². The summed E-state index contributed by atoms with van der Waals surface area (Å²) in [6, 6.07) is 3.72. The number of likely N-dealkylation sites (N-methyl/N-ethyl adjacent to an activating group) is 2. The van der Waals surface area contributed by atoms with Gasteiger partial charge in [0.05, 0.1) is 37.5 Å². The van der Waals surface area contributed by atoms with E-state index in [1.165, 1.54) is 12.5 Å². The highest BCUT2D eigenvalue weighted by molar-refractivity contribution is 6.02. The predicted molar refractivity (Wildman–Crippen MR) is 142 cm³/mol. The van der Waals surface area contributed by atoms with Crippen LogP contribution >= 0.6 is 0 Å². The lowest BCUT2D eigenvalue weighted by atomic mass is 10.1. The molecule has 1 aliphatic heterocycles. The number of hydrogen-bond acceptors (Lipinski definition) is 9. The second-order valence-corrected chi connectivity index (χ2v) is 8.75. The third-order valence-electron chi connectivity index (χ3n) is 5.91. The Morgan fingerprint density at radius 3 is 2.43 bits per heavy atom. The van der Waals surface area contributed by atoms with Crippen LogP contribution in [0.4, 0.5) is 28.8 Å². The van der Waals surface area contributed by atoms with Gasteiger partial charge in [-0.15, -0.1) is 0 Å². The van der Waals surface area contributed by atoms with Gasteiger partial charge in [0.1, 0.15) is 5.75 Å². The quantitative estimate of drug-likeness (QED) is 0.467. The highest BCUT2D eigenvalue weighted by atomic mass is 16.5. The summed E-state index contributed by atoms with van der Waals surface area (Å²) in [6.07, 6.45) is 6.40. The van der Waals surface area contributed by atoms with Crippen LogP contribution in [0, 0.1) is 0 Å². The van der Waals surface area contributed by atoms with Crippen LogP contribution < -0.4 is 29.9 Å². The molecular formula is C25H37N7O3. The molecule has 1 amide bonds. The molecule has 2 heterocycles. The lowest BCUT2D eigenvalue weighted by Crippen LogP contribution is -2.30. The number of hydrogen-bond donors (Lipinski definition) is 2. The Morgan fingerprint density at radius 2 is 1.80 bits per heavy atom. The lowest BCUT2D eigenvalue weighted by molar-refractivity contribution is -0.111. The van der Waals surface area contributed by atoms with E-state index in [2.05, 4.69) is 36.9 Å². The van der Waals surface area contributed by atoms with Crippen LogP contribution in [0.5, 0.6) is 11.5 Å². The van der Waals surface area contributed by atoms with Crippen molar-refractivity contribution in [1.29, 1.82) is 0 Å². The van der Waals surface area contributed by atoms with Crippen LogP contribution in [-0.2, 0) is 4.79 Å². The van der Waals surface area contributed by atoms with Gasteiger partial charge in [-0.2, -0.15) is 4.98 Å². The lowest BCUT2D eigenvalue weighted by Gasteiger charge is -2.29. The van der Waals surface area contributed by atoms with Gasteiger partial charge >= 0.3 is 0 Å². The number of ether oxygens (including phenoxy) is 2. The molecule has 10 heteroatoms. The van der Waals surface area contributed by atoms with Gasteiger partial charge in [-0.05, 0) is 45.5 Å². The number of aromatic nitrogens is 2. The highest BCUT2D eigenvalue weighted by Crippen LogP contribution is 2.38. The van der Waals surface area contributed by atoms with E-state index in [0.29, 0.717) is 28.8 Å². The number of carbonyl (C=O) groups excluding carboxylic acids is 1. The summed E-state index contributed by atoms with van der Waals surface area (Å²) >= 11 is 0. The van der Waals surface area contributed by atoms with E-state index in [4.69, 9.17) is 14.5 Å².